The van der Waals surface area contributed by atoms with E-state index in [9.17, 15) is 30.7 Å². The first-order valence-corrected chi connectivity index (χ1v) is 9.92. The van der Waals surface area contributed by atoms with Gasteiger partial charge in [-0.3, -0.25) is 0 Å². The maximum Gasteiger partial charge on any atom is 0.416 e. The Morgan fingerprint density at radius 2 is 1.73 bits per heavy atom. The molecule has 0 aromatic heterocycles. The highest BCUT2D eigenvalue weighted by atomic mass is 32.2. The van der Waals surface area contributed by atoms with Crippen LogP contribution in [0.25, 0.3) is 5.57 Å². The van der Waals surface area contributed by atoms with Crippen molar-refractivity contribution in [1.82, 2.24) is 0 Å². The molecule has 0 radical (unpaired) electrons. The fourth-order valence-electron chi connectivity index (χ4n) is 2.32. The average molecular weight is 460 g/mol. The molecule has 1 aliphatic rings. The monoisotopic (exact) mass is 460 g/mol. The normalized spacial score (nSPS) is 21.4. The summed E-state index contributed by atoms with van der Waals surface area (Å²) in [6.07, 6.45) is -4.15. The van der Waals surface area contributed by atoms with Crippen molar-refractivity contribution in [3.05, 3.63) is 48.1 Å². The number of benzene rings is 1. The third-order valence-electron chi connectivity index (χ3n) is 3.98. The zero-order chi connectivity index (χ0) is 22.4. The molecule has 168 valence electrons. The van der Waals surface area contributed by atoms with Gasteiger partial charge in [0, 0.05) is 0 Å². The number of allylic oxidation sites excluding steroid dienone is 3. The lowest BCUT2D eigenvalue weighted by Crippen LogP contribution is -2.33. The topological polar surface area (TPSA) is 27.7 Å². The molecule has 2 rings (SSSR count). The summed E-state index contributed by atoms with van der Waals surface area (Å²) >= 11 is 1.56. The van der Waals surface area contributed by atoms with Crippen LogP contribution in [0.1, 0.15) is 5.56 Å². The van der Waals surface area contributed by atoms with Gasteiger partial charge in [0.25, 0.3) is 0 Å². The predicted molar refractivity (Wildman–Crippen MR) is 99.1 cm³/mol. The Hall–Kier alpha value is -1.72. The van der Waals surface area contributed by atoms with Crippen LogP contribution in [0.4, 0.5) is 30.7 Å². The molecule has 11 heteroatoms. The van der Waals surface area contributed by atoms with E-state index in [1.807, 2.05) is 6.26 Å². The number of ether oxygens (including phenoxy) is 3. The van der Waals surface area contributed by atoms with E-state index in [0.717, 1.165) is 36.4 Å². The minimum atomic E-state index is -4.70. The Bertz CT molecular complexity index is 725. The lowest BCUT2D eigenvalue weighted by atomic mass is 10.0. The van der Waals surface area contributed by atoms with Gasteiger partial charge < -0.3 is 14.2 Å². The molecule has 3 nitrogen and oxygen atoms in total. The molecule has 0 unspecified atom stereocenters. The summed E-state index contributed by atoms with van der Waals surface area (Å²) in [6.45, 7) is -0.760. The third kappa shape index (κ3) is 7.21. The molecule has 1 aliphatic heterocycles. The Morgan fingerprint density at radius 3 is 2.23 bits per heavy atom. The highest BCUT2D eigenvalue weighted by Gasteiger charge is 2.41. The van der Waals surface area contributed by atoms with Crippen molar-refractivity contribution in [3.63, 3.8) is 0 Å². The molecule has 0 atom stereocenters. The number of halogens is 7. The van der Waals surface area contributed by atoms with Crippen LogP contribution in [0.3, 0.4) is 0 Å². The summed E-state index contributed by atoms with van der Waals surface area (Å²) in [5.41, 5.74) is -1.26. The number of rotatable bonds is 8. The van der Waals surface area contributed by atoms with E-state index in [2.05, 4.69) is 4.74 Å². The fraction of sp³-hybridized carbons (Fsp3) is 0.474. The quantitative estimate of drug-likeness (QED) is 0.375. The molecule has 1 aromatic rings. The first-order valence-electron chi connectivity index (χ1n) is 8.64. The van der Waals surface area contributed by atoms with Crippen LogP contribution in [-0.4, -0.2) is 56.1 Å². The number of hydrogen-bond acceptors (Lipinski definition) is 4. The summed E-state index contributed by atoms with van der Waals surface area (Å²) in [5, 5.41) is 0.164. The van der Waals surface area contributed by atoms with Gasteiger partial charge in [0.1, 0.15) is 5.75 Å². The summed E-state index contributed by atoms with van der Waals surface area (Å²) in [4.78, 5) is 0. The molecule has 1 aromatic carbocycles. The molecule has 1 saturated heterocycles. The van der Waals surface area contributed by atoms with Crippen molar-refractivity contribution in [2.45, 2.75) is 30.1 Å². The van der Waals surface area contributed by atoms with Crippen LogP contribution in [0.2, 0.25) is 0 Å². The molecule has 0 N–H and O–H groups in total. The van der Waals surface area contributed by atoms with Crippen LogP contribution >= 0.6 is 11.8 Å². The Morgan fingerprint density at radius 1 is 1.13 bits per heavy atom. The van der Waals surface area contributed by atoms with Gasteiger partial charge in [0.15, 0.2) is 12.9 Å². The molecule has 30 heavy (non-hydrogen) atoms. The van der Waals surface area contributed by atoms with E-state index < -0.39 is 37.0 Å². The third-order valence-corrected chi connectivity index (χ3v) is 4.92. The Balaban J connectivity index is 2.06. The standard InChI is InChI=1S/C19H19F7O3S/c1-30-14-9-27-16(28-10-14)4-2-3-15(19(24,25)26)12-5-7-13(8-6-12)29-11-18(22,23)17(20)21/h2-8,14,16-17H,9-11H2,1H3/b4-2+,15-3-. The van der Waals surface area contributed by atoms with Crippen molar-refractivity contribution in [2.24, 2.45) is 0 Å². The minimum absolute atomic E-state index is 0.164. The summed E-state index contributed by atoms with van der Waals surface area (Å²) < 4.78 is 105. The van der Waals surface area contributed by atoms with Crippen molar-refractivity contribution in [3.8, 4) is 5.75 Å². The maximum absolute atomic E-state index is 13.4. The lowest BCUT2D eigenvalue weighted by molar-refractivity contribution is -0.148. The molecule has 0 aliphatic carbocycles. The Kier molecular flexibility index (Phi) is 8.62. The van der Waals surface area contributed by atoms with Crippen LogP contribution in [0, 0.1) is 0 Å². The molecular weight excluding hydrogens is 441 g/mol. The van der Waals surface area contributed by atoms with Crippen LogP contribution in [-0.2, 0) is 9.47 Å². The van der Waals surface area contributed by atoms with Crippen molar-refractivity contribution >= 4 is 17.3 Å². The number of hydrogen-bond donors (Lipinski definition) is 0. The summed E-state index contributed by atoms with van der Waals surface area (Å²) in [7, 11) is 0. The molecule has 0 amide bonds. The molecule has 0 spiro atoms. The zero-order valence-electron chi connectivity index (χ0n) is 15.7. The minimum Gasteiger partial charge on any atom is -0.487 e. The second-order valence-electron chi connectivity index (χ2n) is 6.23. The summed E-state index contributed by atoms with van der Waals surface area (Å²) in [5.74, 6) is -4.62. The van der Waals surface area contributed by atoms with E-state index in [1.54, 1.807) is 11.8 Å². The van der Waals surface area contributed by atoms with E-state index in [0.29, 0.717) is 13.2 Å². The second kappa shape index (κ2) is 10.5. The average Bonchev–Trinajstić information content (AvgIpc) is 2.70. The van der Waals surface area contributed by atoms with Crippen LogP contribution < -0.4 is 4.74 Å². The van der Waals surface area contributed by atoms with Gasteiger partial charge in [-0.15, -0.1) is 0 Å². The maximum atomic E-state index is 13.4. The van der Waals surface area contributed by atoms with Crippen LogP contribution in [0.15, 0.2) is 42.5 Å². The molecule has 1 fully saturated rings. The number of alkyl halides is 7. The van der Waals surface area contributed by atoms with E-state index in [-0.39, 0.29) is 16.6 Å². The second-order valence-corrected chi connectivity index (χ2v) is 7.37. The van der Waals surface area contributed by atoms with Gasteiger partial charge in [0.2, 0.25) is 0 Å². The van der Waals surface area contributed by atoms with Crippen molar-refractivity contribution in [2.75, 3.05) is 26.1 Å². The first kappa shape index (κ1) is 24.5. The predicted octanol–water partition coefficient (Wildman–Crippen LogP) is 5.57. The summed E-state index contributed by atoms with van der Waals surface area (Å²) in [6, 6.07) is 3.99. The SMILES string of the molecule is CSC1COC(/C=C/C=C(/c2ccc(OCC(F)(F)C(F)F)cc2)C(F)(F)F)OC1. The number of thioether (sulfide) groups is 1. The smallest absolute Gasteiger partial charge is 0.416 e. The largest absolute Gasteiger partial charge is 0.487 e. The molecular formula is C19H19F7O3S. The highest BCUT2D eigenvalue weighted by molar-refractivity contribution is 7.99. The highest BCUT2D eigenvalue weighted by Crippen LogP contribution is 2.35. The van der Waals surface area contributed by atoms with Gasteiger partial charge in [-0.2, -0.15) is 33.7 Å². The molecule has 0 bridgehead atoms. The van der Waals surface area contributed by atoms with Crippen LogP contribution in [0.5, 0.6) is 5.75 Å². The lowest BCUT2D eigenvalue weighted by Gasteiger charge is -2.26. The van der Waals surface area contributed by atoms with Gasteiger partial charge in [-0.1, -0.05) is 18.2 Å². The van der Waals surface area contributed by atoms with Gasteiger partial charge in [-0.25, -0.2) is 8.78 Å². The zero-order valence-corrected chi connectivity index (χ0v) is 16.5. The van der Waals surface area contributed by atoms with Gasteiger partial charge >= 0.3 is 18.5 Å². The van der Waals surface area contributed by atoms with Crippen molar-refractivity contribution in [1.29, 1.82) is 0 Å². The van der Waals surface area contributed by atoms with Gasteiger partial charge in [-0.05, 0) is 36.1 Å². The van der Waals surface area contributed by atoms with E-state index in [1.165, 1.54) is 6.08 Å². The fourth-order valence-corrected chi connectivity index (χ4v) is 2.75. The molecule has 1 heterocycles. The van der Waals surface area contributed by atoms with E-state index in [4.69, 9.17) is 9.47 Å². The first-order chi connectivity index (χ1) is 14.0. The van der Waals surface area contributed by atoms with Gasteiger partial charge in [0.05, 0.1) is 24.0 Å². The van der Waals surface area contributed by atoms with E-state index >= 15 is 0 Å². The molecule has 0 saturated carbocycles. The Labute approximate surface area is 172 Å². The van der Waals surface area contributed by atoms with Crippen molar-refractivity contribution < 1.29 is 44.9 Å².